The van der Waals surface area contributed by atoms with Crippen LogP contribution in [0.25, 0.3) is 0 Å². The Morgan fingerprint density at radius 3 is 2.46 bits per heavy atom. The van der Waals surface area contributed by atoms with Gasteiger partial charge in [0.15, 0.2) is 23.9 Å². The van der Waals surface area contributed by atoms with Crippen LogP contribution in [-0.4, -0.2) is 71.6 Å². The van der Waals surface area contributed by atoms with Gasteiger partial charge < -0.3 is 34.6 Å². The maximum atomic E-state index is 11.8. The summed E-state index contributed by atoms with van der Waals surface area (Å²) in [5.74, 6) is -4.11. The Morgan fingerprint density at radius 1 is 1.25 bits per heavy atom. The third-order valence-corrected chi connectivity index (χ3v) is 3.32. The van der Waals surface area contributed by atoms with Crippen LogP contribution in [0.5, 0.6) is 17.2 Å². The maximum Gasteiger partial charge on any atom is 0.344 e. The first-order chi connectivity index (χ1) is 11.3. The van der Waals surface area contributed by atoms with Crippen LogP contribution in [0.2, 0.25) is 0 Å². The second-order valence-electron chi connectivity index (χ2n) is 5.10. The summed E-state index contributed by atoms with van der Waals surface area (Å²) in [6, 6.07) is 1.08. The standard InChI is InChI=1S/C14H15BO9/c15-11-3-9(10(4-16)23-11)24-12(19)5-22-14(21)6-1-7(17)13(20)8(18)2-6/h1-2,9-11,16-18,20H,3-5H2. The lowest BCUT2D eigenvalue weighted by Crippen LogP contribution is -2.31. The molecular weight excluding hydrogens is 323 g/mol. The van der Waals surface area contributed by atoms with E-state index >= 15 is 0 Å². The number of hydrogen-bond acceptors (Lipinski definition) is 9. The number of aromatic hydroxyl groups is 3. The zero-order valence-corrected chi connectivity index (χ0v) is 12.4. The van der Waals surface area contributed by atoms with Crippen LogP contribution in [-0.2, 0) is 19.0 Å². The molecule has 0 aliphatic carbocycles. The van der Waals surface area contributed by atoms with Crippen LogP contribution in [0.1, 0.15) is 16.8 Å². The summed E-state index contributed by atoms with van der Waals surface area (Å²) >= 11 is 0. The number of hydrogen-bond donors (Lipinski definition) is 4. The fourth-order valence-electron chi connectivity index (χ4n) is 2.17. The smallest absolute Gasteiger partial charge is 0.344 e. The molecule has 0 amide bonds. The second-order valence-corrected chi connectivity index (χ2v) is 5.10. The fraction of sp³-hybridized carbons (Fsp3) is 0.429. The monoisotopic (exact) mass is 338 g/mol. The Balaban J connectivity index is 1.88. The van der Waals surface area contributed by atoms with E-state index in [9.17, 15) is 24.9 Å². The molecule has 0 saturated carbocycles. The van der Waals surface area contributed by atoms with Gasteiger partial charge in [-0.05, 0) is 12.1 Å². The second kappa shape index (κ2) is 7.41. The Hall–Kier alpha value is -2.46. The normalized spacial score (nSPS) is 23.0. The summed E-state index contributed by atoms with van der Waals surface area (Å²) in [6.45, 7) is -1.11. The zero-order chi connectivity index (χ0) is 17.9. The van der Waals surface area contributed by atoms with Crippen LogP contribution < -0.4 is 0 Å². The summed E-state index contributed by atoms with van der Waals surface area (Å²) in [4.78, 5) is 23.4. The highest BCUT2D eigenvalue weighted by Gasteiger charge is 2.35. The largest absolute Gasteiger partial charge is 0.504 e. The van der Waals surface area contributed by atoms with Crippen LogP contribution in [0.3, 0.4) is 0 Å². The number of phenols is 3. The van der Waals surface area contributed by atoms with E-state index in [0.717, 1.165) is 12.1 Å². The molecule has 2 rings (SSSR count). The molecule has 2 radical (unpaired) electrons. The summed E-state index contributed by atoms with van der Waals surface area (Å²) in [7, 11) is 5.53. The van der Waals surface area contributed by atoms with E-state index in [1.165, 1.54) is 0 Å². The van der Waals surface area contributed by atoms with Crippen molar-refractivity contribution in [1.29, 1.82) is 0 Å². The topological polar surface area (TPSA) is 143 Å². The minimum absolute atomic E-state index is 0.199. The van der Waals surface area contributed by atoms with Gasteiger partial charge in [0.05, 0.1) is 12.2 Å². The summed E-state index contributed by atoms with van der Waals surface area (Å²) in [5.41, 5.74) is -0.268. The first-order valence-corrected chi connectivity index (χ1v) is 6.95. The quantitative estimate of drug-likeness (QED) is 0.306. The van der Waals surface area contributed by atoms with Crippen molar-refractivity contribution in [2.45, 2.75) is 24.6 Å². The minimum atomic E-state index is -1.02. The van der Waals surface area contributed by atoms with Gasteiger partial charge in [-0.2, -0.15) is 0 Å². The molecular formula is C14H15BO9. The highest BCUT2D eigenvalue weighted by atomic mass is 16.6. The molecule has 0 aromatic heterocycles. The molecule has 24 heavy (non-hydrogen) atoms. The van der Waals surface area contributed by atoms with Crippen molar-refractivity contribution in [3.05, 3.63) is 17.7 Å². The summed E-state index contributed by atoms with van der Waals surface area (Å²) < 4.78 is 14.8. The van der Waals surface area contributed by atoms with E-state index in [4.69, 9.17) is 27.2 Å². The first kappa shape index (κ1) is 17.9. The number of aliphatic hydroxyl groups is 1. The van der Waals surface area contributed by atoms with E-state index in [1.54, 1.807) is 0 Å². The molecule has 1 heterocycles. The Labute approximate surface area is 137 Å². The number of benzene rings is 1. The predicted molar refractivity (Wildman–Crippen MR) is 77.7 cm³/mol. The molecule has 9 nitrogen and oxygen atoms in total. The van der Waals surface area contributed by atoms with Crippen molar-refractivity contribution in [3.8, 4) is 17.2 Å². The highest BCUT2D eigenvalue weighted by Crippen LogP contribution is 2.35. The van der Waals surface area contributed by atoms with Gasteiger partial charge in [-0.25, -0.2) is 9.59 Å². The lowest BCUT2D eigenvalue weighted by atomic mass is 9.96. The Kier molecular flexibility index (Phi) is 5.52. The number of rotatable bonds is 5. The van der Waals surface area contributed by atoms with Gasteiger partial charge in [0.2, 0.25) is 0 Å². The lowest BCUT2D eigenvalue weighted by molar-refractivity contribution is -0.156. The molecule has 0 spiro atoms. The van der Waals surface area contributed by atoms with Crippen LogP contribution in [0.15, 0.2) is 12.1 Å². The van der Waals surface area contributed by atoms with E-state index in [1.807, 2.05) is 0 Å². The Bertz CT molecular complexity index is 610. The summed E-state index contributed by atoms with van der Waals surface area (Å²) in [6.07, 6.45) is -1.30. The molecule has 4 N–H and O–H groups in total. The van der Waals surface area contributed by atoms with Crippen LogP contribution >= 0.6 is 0 Å². The third kappa shape index (κ3) is 4.09. The summed E-state index contributed by atoms with van der Waals surface area (Å²) in [5, 5.41) is 36.9. The fourth-order valence-corrected chi connectivity index (χ4v) is 2.17. The van der Waals surface area contributed by atoms with Gasteiger partial charge in [-0.3, -0.25) is 0 Å². The first-order valence-electron chi connectivity index (χ1n) is 6.95. The van der Waals surface area contributed by atoms with Crippen molar-refractivity contribution < 1.29 is 44.2 Å². The molecule has 1 aromatic carbocycles. The average Bonchev–Trinajstić information content (AvgIpc) is 2.89. The predicted octanol–water partition coefficient (Wildman–Crippen LogP) is -0.852. The van der Waals surface area contributed by atoms with Crippen molar-refractivity contribution in [1.82, 2.24) is 0 Å². The van der Waals surface area contributed by atoms with Crippen LogP contribution in [0, 0.1) is 0 Å². The third-order valence-electron chi connectivity index (χ3n) is 3.32. The number of carbonyl (C=O) groups excluding carboxylic acids is 2. The molecule has 1 saturated heterocycles. The SMILES string of the molecule is [B]C1CC(OC(=O)COC(=O)c2cc(O)c(O)c(O)c2)C(CO)O1. The lowest BCUT2D eigenvalue weighted by Gasteiger charge is -2.16. The number of aliphatic hydroxyl groups excluding tert-OH is 1. The Morgan fingerprint density at radius 2 is 1.88 bits per heavy atom. The molecule has 1 fully saturated rings. The minimum Gasteiger partial charge on any atom is -0.504 e. The van der Waals surface area contributed by atoms with E-state index in [2.05, 4.69) is 0 Å². The van der Waals surface area contributed by atoms with Gasteiger partial charge in [-0.1, -0.05) is 0 Å². The molecule has 128 valence electrons. The van der Waals surface area contributed by atoms with Crippen molar-refractivity contribution in [2.75, 3.05) is 13.2 Å². The number of ether oxygens (including phenoxy) is 3. The van der Waals surface area contributed by atoms with Crippen LogP contribution in [0.4, 0.5) is 0 Å². The van der Waals surface area contributed by atoms with Crippen molar-refractivity contribution >= 4 is 19.8 Å². The number of esters is 2. The number of phenolic OH excluding ortho intramolecular Hbond substituents is 3. The molecule has 3 unspecified atom stereocenters. The molecule has 1 aliphatic rings. The van der Waals surface area contributed by atoms with E-state index in [0.29, 0.717) is 0 Å². The van der Waals surface area contributed by atoms with Gasteiger partial charge in [0, 0.05) is 12.4 Å². The molecule has 1 aromatic rings. The molecule has 3 atom stereocenters. The van der Waals surface area contributed by atoms with E-state index in [-0.39, 0.29) is 18.6 Å². The van der Waals surface area contributed by atoms with E-state index < -0.39 is 54.0 Å². The molecule has 10 heteroatoms. The van der Waals surface area contributed by atoms with Crippen molar-refractivity contribution in [3.63, 3.8) is 0 Å². The van der Waals surface area contributed by atoms with Crippen molar-refractivity contribution in [2.24, 2.45) is 0 Å². The highest BCUT2D eigenvalue weighted by molar-refractivity contribution is 6.11. The van der Waals surface area contributed by atoms with Gasteiger partial charge in [-0.15, -0.1) is 0 Å². The zero-order valence-electron chi connectivity index (χ0n) is 12.4. The van der Waals surface area contributed by atoms with Gasteiger partial charge >= 0.3 is 11.9 Å². The van der Waals surface area contributed by atoms with Gasteiger partial charge in [0.25, 0.3) is 0 Å². The maximum absolute atomic E-state index is 11.8. The molecule has 1 aliphatic heterocycles. The number of carbonyl (C=O) groups is 2. The molecule has 0 bridgehead atoms. The van der Waals surface area contributed by atoms with Gasteiger partial charge in [0.1, 0.15) is 20.1 Å². The average molecular weight is 338 g/mol.